The van der Waals surface area contributed by atoms with Crippen molar-refractivity contribution in [2.45, 2.75) is 12.8 Å². The first-order valence-electron chi connectivity index (χ1n) is 6.74. The van der Waals surface area contributed by atoms with Crippen molar-refractivity contribution in [1.29, 1.82) is 0 Å². The molecular weight excluding hydrogens is 280 g/mol. The summed E-state index contributed by atoms with van der Waals surface area (Å²) in [6, 6.07) is 0. The summed E-state index contributed by atoms with van der Waals surface area (Å²) in [5.41, 5.74) is 19.8. The van der Waals surface area contributed by atoms with Crippen molar-refractivity contribution in [2.24, 2.45) is 22.9 Å². The van der Waals surface area contributed by atoms with Crippen LogP contribution in [0.25, 0.3) is 0 Å². The van der Waals surface area contributed by atoms with E-state index in [4.69, 9.17) is 37.1 Å². The molecule has 0 aliphatic carbocycles. The number of nitrogens with two attached hydrogens (primary N) is 4. The van der Waals surface area contributed by atoms with Crippen LogP contribution in [0.3, 0.4) is 0 Å². The Hall–Kier alpha value is -1.26. The molecule has 0 spiro atoms. The van der Waals surface area contributed by atoms with E-state index >= 15 is 0 Å². The summed E-state index contributed by atoms with van der Waals surface area (Å²) in [5, 5.41) is 0. The van der Waals surface area contributed by atoms with E-state index in [-0.39, 0.29) is 12.8 Å². The molecule has 0 rings (SSSR count). The van der Waals surface area contributed by atoms with Gasteiger partial charge in [0.05, 0.1) is 39.6 Å². The van der Waals surface area contributed by atoms with Crippen LogP contribution in [-0.2, 0) is 23.8 Å². The Labute approximate surface area is 125 Å². The molecule has 0 saturated heterocycles. The summed E-state index contributed by atoms with van der Waals surface area (Å²) in [6.07, 6.45) is 0.102. The maximum Gasteiger partial charge on any atom is 0.217 e. The number of carbonyl (C=O) groups is 2. The van der Waals surface area contributed by atoms with Crippen molar-refractivity contribution >= 4 is 11.8 Å². The van der Waals surface area contributed by atoms with E-state index in [9.17, 15) is 9.59 Å². The SMILES string of the molecule is NC(=O)CCC(N)=O.NCCOCCOCCOCCN. The van der Waals surface area contributed by atoms with Crippen molar-refractivity contribution in [3.05, 3.63) is 0 Å². The van der Waals surface area contributed by atoms with Gasteiger partial charge in [-0.1, -0.05) is 0 Å². The van der Waals surface area contributed by atoms with Crippen LogP contribution in [0, 0.1) is 0 Å². The normalized spacial score (nSPS) is 9.81. The van der Waals surface area contributed by atoms with Crippen molar-refractivity contribution in [2.75, 3.05) is 52.7 Å². The average molecular weight is 308 g/mol. The topological polar surface area (TPSA) is 166 Å². The van der Waals surface area contributed by atoms with E-state index < -0.39 is 11.8 Å². The molecule has 0 fully saturated rings. The number of hydrogen-bond acceptors (Lipinski definition) is 7. The summed E-state index contributed by atoms with van der Waals surface area (Å²) < 4.78 is 15.4. The Bertz CT molecular complexity index is 230. The van der Waals surface area contributed by atoms with Gasteiger partial charge in [-0.05, 0) is 0 Å². The number of hydrogen-bond donors (Lipinski definition) is 4. The number of primary amides is 2. The maximum atomic E-state index is 9.92. The lowest BCUT2D eigenvalue weighted by molar-refractivity contribution is -0.123. The van der Waals surface area contributed by atoms with Gasteiger partial charge in [-0.2, -0.15) is 0 Å². The Morgan fingerprint density at radius 3 is 1.14 bits per heavy atom. The second kappa shape index (κ2) is 18.7. The number of carbonyl (C=O) groups excluding carboxylic acids is 2. The number of ether oxygens (including phenoxy) is 3. The van der Waals surface area contributed by atoms with Crippen LogP contribution in [0.4, 0.5) is 0 Å². The molecule has 0 aromatic carbocycles. The van der Waals surface area contributed by atoms with Gasteiger partial charge in [-0.25, -0.2) is 0 Å². The van der Waals surface area contributed by atoms with Crippen LogP contribution < -0.4 is 22.9 Å². The molecule has 0 unspecified atom stereocenters. The molecule has 0 aromatic rings. The quantitative estimate of drug-likeness (QED) is 0.277. The summed E-state index contributed by atoms with van der Waals surface area (Å²) in [7, 11) is 0. The zero-order valence-electron chi connectivity index (χ0n) is 12.4. The van der Waals surface area contributed by atoms with Crippen molar-refractivity contribution in [1.82, 2.24) is 0 Å². The molecule has 0 aromatic heterocycles. The van der Waals surface area contributed by atoms with E-state index in [0.717, 1.165) is 0 Å². The predicted octanol–water partition coefficient (Wildman–Crippen LogP) is -2.31. The van der Waals surface area contributed by atoms with E-state index in [1.54, 1.807) is 0 Å². The third kappa shape index (κ3) is 27.8. The smallest absolute Gasteiger partial charge is 0.217 e. The molecule has 0 atom stereocenters. The lowest BCUT2D eigenvalue weighted by atomic mass is 10.3. The lowest BCUT2D eigenvalue weighted by Crippen LogP contribution is -2.16. The van der Waals surface area contributed by atoms with Crippen LogP contribution in [0.1, 0.15) is 12.8 Å². The Balaban J connectivity index is 0. The van der Waals surface area contributed by atoms with Gasteiger partial charge in [0, 0.05) is 25.9 Å². The first kappa shape index (κ1) is 22.0. The molecule has 0 aliphatic rings. The highest BCUT2D eigenvalue weighted by Gasteiger charge is 1.96. The molecule has 0 saturated carbocycles. The van der Waals surface area contributed by atoms with Crippen LogP contribution in [0.5, 0.6) is 0 Å². The Morgan fingerprint density at radius 2 is 0.905 bits per heavy atom. The second-order valence-electron chi connectivity index (χ2n) is 3.85. The molecule has 9 nitrogen and oxygen atoms in total. The Morgan fingerprint density at radius 1 is 0.619 bits per heavy atom. The van der Waals surface area contributed by atoms with Crippen molar-refractivity contribution in [3.8, 4) is 0 Å². The zero-order chi connectivity index (χ0) is 16.3. The van der Waals surface area contributed by atoms with Gasteiger partial charge in [0.15, 0.2) is 0 Å². The third-order valence-corrected chi connectivity index (χ3v) is 1.89. The first-order chi connectivity index (χ1) is 10.0. The Kier molecular flexibility index (Phi) is 19.7. The van der Waals surface area contributed by atoms with Crippen LogP contribution in [-0.4, -0.2) is 64.5 Å². The van der Waals surface area contributed by atoms with E-state index in [2.05, 4.69) is 0 Å². The maximum absolute atomic E-state index is 9.92. The molecule has 0 heterocycles. The molecule has 0 aliphatic heterocycles. The second-order valence-corrected chi connectivity index (χ2v) is 3.85. The fourth-order valence-corrected chi connectivity index (χ4v) is 0.955. The minimum atomic E-state index is -0.496. The monoisotopic (exact) mass is 308 g/mol. The van der Waals surface area contributed by atoms with Crippen molar-refractivity contribution < 1.29 is 23.8 Å². The highest BCUT2D eigenvalue weighted by atomic mass is 16.5. The standard InChI is InChI=1S/C8H20N2O3.C4H8N2O2/c9-1-3-11-5-7-13-8-6-12-4-2-10;5-3(7)1-2-4(6)8/h1-10H2;1-2H2,(H2,5,7)(H2,6,8). The summed E-state index contributed by atoms with van der Waals surface area (Å²) in [6.45, 7) is 4.65. The number of amides is 2. The molecule has 0 bridgehead atoms. The highest BCUT2D eigenvalue weighted by molar-refractivity contribution is 5.81. The summed E-state index contributed by atoms with van der Waals surface area (Å²) >= 11 is 0. The molecule has 9 heteroatoms. The summed E-state index contributed by atoms with van der Waals surface area (Å²) in [4.78, 5) is 19.8. The molecule has 0 radical (unpaired) electrons. The van der Waals surface area contributed by atoms with E-state index in [1.165, 1.54) is 0 Å². The minimum absolute atomic E-state index is 0.0509. The molecule has 21 heavy (non-hydrogen) atoms. The van der Waals surface area contributed by atoms with Crippen LogP contribution >= 0.6 is 0 Å². The largest absolute Gasteiger partial charge is 0.378 e. The van der Waals surface area contributed by atoms with Crippen LogP contribution in [0.2, 0.25) is 0 Å². The fraction of sp³-hybridized carbons (Fsp3) is 0.833. The zero-order valence-corrected chi connectivity index (χ0v) is 12.4. The minimum Gasteiger partial charge on any atom is -0.378 e. The number of rotatable bonds is 13. The van der Waals surface area contributed by atoms with Gasteiger partial charge in [0.25, 0.3) is 0 Å². The van der Waals surface area contributed by atoms with Gasteiger partial charge in [0.1, 0.15) is 0 Å². The highest BCUT2D eigenvalue weighted by Crippen LogP contribution is 1.82. The predicted molar refractivity (Wildman–Crippen MR) is 78.2 cm³/mol. The van der Waals surface area contributed by atoms with E-state index in [0.29, 0.717) is 52.7 Å². The third-order valence-electron chi connectivity index (χ3n) is 1.89. The molecule has 8 N–H and O–H groups in total. The van der Waals surface area contributed by atoms with E-state index in [1.807, 2.05) is 0 Å². The van der Waals surface area contributed by atoms with Gasteiger partial charge >= 0.3 is 0 Å². The van der Waals surface area contributed by atoms with Gasteiger partial charge in [-0.15, -0.1) is 0 Å². The molecular formula is C12H28N4O5. The van der Waals surface area contributed by atoms with Crippen LogP contribution in [0.15, 0.2) is 0 Å². The molecule has 126 valence electrons. The van der Waals surface area contributed by atoms with Gasteiger partial charge < -0.3 is 37.1 Å². The average Bonchev–Trinajstić information content (AvgIpc) is 2.44. The first-order valence-corrected chi connectivity index (χ1v) is 6.74. The van der Waals surface area contributed by atoms with Gasteiger partial charge in [0.2, 0.25) is 11.8 Å². The van der Waals surface area contributed by atoms with Crippen molar-refractivity contribution in [3.63, 3.8) is 0 Å². The summed E-state index contributed by atoms with van der Waals surface area (Å²) in [5.74, 6) is -0.993. The van der Waals surface area contributed by atoms with Gasteiger partial charge in [-0.3, -0.25) is 9.59 Å². The molecule has 2 amide bonds. The fourth-order valence-electron chi connectivity index (χ4n) is 0.955. The lowest BCUT2D eigenvalue weighted by Gasteiger charge is -2.05.